The Bertz CT molecular complexity index is 331. The summed E-state index contributed by atoms with van der Waals surface area (Å²) in [5.41, 5.74) is 4.92. The molecule has 0 radical (unpaired) electrons. The lowest BCUT2D eigenvalue weighted by Gasteiger charge is -2.09. The van der Waals surface area contributed by atoms with Crippen molar-refractivity contribution in [3.63, 3.8) is 0 Å². The van der Waals surface area contributed by atoms with Crippen LogP contribution < -0.4 is 10.5 Å². The lowest BCUT2D eigenvalue weighted by Crippen LogP contribution is -2.04. The second-order valence-electron chi connectivity index (χ2n) is 2.56. The first kappa shape index (κ1) is 10.6. The van der Waals surface area contributed by atoms with E-state index >= 15 is 0 Å². The Morgan fingerprint density at radius 1 is 1.64 bits per heavy atom. The number of hydrogen-bond donors (Lipinski definition) is 2. The molecule has 0 amide bonds. The summed E-state index contributed by atoms with van der Waals surface area (Å²) in [7, 11) is 1.23. The fourth-order valence-electron chi connectivity index (χ4n) is 1.01. The molecule has 0 aliphatic heterocycles. The molecule has 0 aromatic carbocycles. The standard InChI is InChI=1S/C8H10F2N2O2/c1-14-8-4(7(9)10)2-6(13)5(3-11)12-8/h2,7,13H,3,11H2,1H3. The minimum absolute atomic E-state index is 0.0360. The van der Waals surface area contributed by atoms with E-state index in [-0.39, 0.29) is 23.9 Å². The Labute approximate surface area is 79.3 Å². The van der Waals surface area contributed by atoms with Crippen LogP contribution in [0.4, 0.5) is 8.78 Å². The highest BCUT2D eigenvalue weighted by atomic mass is 19.3. The fraction of sp³-hybridized carbons (Fsp3) is 0.375. The smallest absolute Gasteiger partial charge is 0.269 e. The molecule has 0 unspecified atom stereocenters. The van der Waals surface area contributed by atoms with E-state index < -0.39 is 12.0 Å². The Morgan fingerprint density at radius 3 is 2.71 bits per heavy atom. The molecule has 0 atom stereocenters. The maximum atomic E-state index is 12.4. The van der Waals surface area contributed by atoms with Gasteiger partial charge in [-0.1, -0.05) is 0 Å². The van der Waals surface area contributed by atoms with Crippen LogP contribution in [0.3, 0.4) is 0 Å². The number of methoxy groups -OCH3 is 1. The molecule has 6 heteroatoms. The van der Waals surface area contributed by atoms with Crippen LogP contribution in [0, 0.1) is 0 Å². The van der Waals surface area contributed by atoms with Crippen molar-refractivity contribution in [3.8, 4) is 11.6 Å². The van der Waals surface area contributed by atoms with Gasteiger partial charge in [0, 0.05) is 6.54 Å². The van der Waals surface area contributed by atoms with E-state index in [1.54, 1.807) is 0 Å². The number of rotatable bonds is 3. The number of nitrogens with two attached hydrogens (primary N) is 1. The first-order valence-corrected chi connectivity index (χ1v) is 3.85. The van der Waals surface area contributed by atoms with Crippen molar-refractivity contribution in [2.75, 3.05) is 7.11 Å². The Balaban J connectivity index is 3.24. The van der Waals surface area contributed by atoms with Gasteiger partial charge in [0.1, 0.15) is 5.75 Å². The average molecular weight is 204 g/mol. The van der Waals surface area contributed by atoms with Gasteiger partial charge >= 0.3 is 0 Å². The van der Waals surface area contributed by atoms with Crippen molar-refractivity contribution in [3.05, 3.63) is 17.3 Å². The van der Waals surface area contributed by atoms with Crippen LogP contribution in [0.15, 0.2) is 6.07 Å². The molecule has 1 rings (SSSR count). The third-order valence-electron chi connectivity index (χ3n) is 1.69. The number of ether oxygens (including phenoxy) is 1. The molecule has 3 N–H and O–H groups in total. The monoisotopic (exact) mass is 204 g/mol. The lowest BCUT2D eigenvalue weighted by molar-refractivity contribution is 0.145. The van der Waals surface area contributed by atoms with Crippen molar-refractivity contribution >= 4 is 0 Å². The van der Waals surface area contributed by atoms with Crippen molar-refractivity contribution in [2.24, 2.45) is 5.73 Å². The molecule has 1 heterocycles. The topological polar surface area (TPSA) is 68.4 Å². The van der Waals surface area contributed by atoms with Gasteiger partial charge in [0.25, 0.3) is 6.43 Å². The molecule has 0 spiro atoms. The van der Waals surface area contributed by atoms with Crippen LogP contribution in [-0.4, -0.2) is 17.2 Å². The molecule has 0 bridgehead atoms. The summed E-state index contributed by atoms with van der Waals surface area (Å²) in [6.45, 7) is -0.0360. The largest absolute Gasteiger partial charge is 0.506 e. The van der Waals surface area contributed by atoms with E-state index in [0.717, 1.165) is 6.07 Å². The minimum Gasteiger partial charge on any atom is -0.506 e. The van der Waals surface area contributed by atoms with Crippen molar-refractivity contribution in [1.82, 2.24) is 4.98 Å². The SMILES string of the molecule is COc1nc(CN)c(O)cc1C(F)F. The summed E-state index contributed by atoms with van der Waals surface area (Å²) in [4.78, 5) is 3.65. The normalized spacial score (nSPS) is 10.6. The zero-order valence-corrected chi connectivity index (χ0v) is 7.50. The summed E-state index contributed by atoms with van der Waals surface area (Å²) in [5, 5.41) is 9.23. The molecule has 0 aliphatic carbocycles. The van der Waals surface area contributed by atoms with Gasteiger partial charge in [-0.25, -0.2) is 13.8 Å². The molecule has 0 aliphatic rings. The highest BCUT2D eigenvalue weighted by Crippen LogP contribution is 2.31. The van der Waals surface area contributed by atoms with E-state index in [1.165, 1.54) is 7.11 Å². The number of halogens is 2. The predicted molar refractivity (Wildman–Crippen MR) is 45.3 cm³/mol. The van der Waals surface area contributed by atoms with E-state index in [2.05, 4.69) is 9.72 Å². The zero-order chi connectivity index (χ0) is 10.7. The number of aromatic hydroxyl groups is 1. The average Bonchev–Trinajstić information content (AvgIpc) is 2.17. The van der Waals surface area contributed by atoms with Gasteiger partial charge < -0.3 is 15.6 Å². The van der Waals surface area contributed by atoms with Crippen molar-refractivity contribution in [1.29, 1.82) is 0 Å². The lowest BCUT2D eigenvalue weighted by atomic mass is 10.2. The second-order valence-corrected chi connectivity index (χ2v) is 2.56. The molecule has 1 aromatic rings. The van der Waals surface area contributed by atoms with Crippen LogP contribution in [-0.2, 0) is 6.54 Å². The Kier molecular flexibility index (Phi) is 3.19. The second kappa shape index (κ2) is 4.19. The first-order chi connectivity index (χ1) is 6.60. The van der Waals surface area contributed by atoms with Crippen LogP contribution in [0.2, 0.25) is 0 Å². The first-order valence-electron chi connectivity index (χ1n) is 3.85. The molecular formula is C8H10F2N2O2. The summed E-state index contributed by atoms with van der Waals surface area (Å²) in [6, 6.07) is 0.915. The number of alkyl halides is 2. The van der Waals surface area contributed by atoms with Gasteiger partial charge in [-0.15, -0.1) is 0 Å². The maximum absolute atomic E-state index is 12.4. The van der Waals surface area contributed by atoms with Gasteiger partial charge in [0.05, 0.1) is 18.4 Å². The summed E-state index contributed by atoms with van der Waals surface area (Å²) in [6.07, 6.45) is -2.74. The van der Waals surface area contributed by atoms with Gasteiger partial charge in [-0.2, -0.15) is 0 Å². The zero-order valence-electron chi connectivity index (χ0n) is 7.50. The summed E-state index contributed by atoms with van der Waals surface area (Å²) < 4.78 is 29.4. The van der Waals surface area contributed by atoms with E-state index in [4.69, 9.17) is 5.73 Å². The fourth-order valence-corrected chi connectivity index (χ4v) is 1.01. The highest BCUT2D eigenvalue weighted by Gasteiger charge is 2.18. The Hall–Kier alpha value is -1.43. The maximum Gasteiger partial charge on any atom is 0.269 e. The number of aromatic nitrogens is 1. The molecule has 4 nitrogen and oxygen atoms in total. The van der Waals surface area contributed by atoms with E-state index in [1.807, 2.05) is 0 Å². The highest BCUT2D eigenvalue weighted by molar-refractivity contribution is 5.38. The molecule has 14 heavy (non-hydrogen) atoms. The molecular weight excluding hydrogens is 194 g/mol. The molecule has 0 saturated heterocycles. The molecule has 78 valence electrons. The van der Waals surface area contributed by atoms with Crippen LogP contribution in [0.1, 0.15) is 17.7 Å². The van der Waals surface area contributed by atoms with E-state index in [9.17, 15) is 13.9 Å². The summed E-state index contributed by atoms with van der Waals surface area (Å²) in [5.74, 6) is -0.554. The van der Waals surface area contributed by atoms with E-state index in [0.29, 0.717) is 0 Å². The number of hydrogen-bond acceptors (Lipinski definition) is 4. The number of nitrogens with zero attached hydrogens (tertiary/aromatic N) is 1. The van der Waals surface area contributed by atoms with Crippen molar-refractivity contribution in [2.45, 2.75) is 13.0 Å². The van der Waals surface area contributed by atoms with Gasteiger partial charge in [0.2, 0.25) is 5.88 Å². The Morgan fingerprint density at radius 2 is 2.29 bits per heavy atom. The third kappa shape index (κ3) is 1.90. The summed E-state index contributed by atoms with van der Waals surface area (Å²) >= 11 is 0. The van der Waals surface area contributed by atoms with Crippen LogP contribution in [0.5, 0.6) is 11.6 Å². The molecule has 1 aromatic heterocycles. The van der Waals surface area contributed by atoms with Crippen molar-refractivity contribution < 1.29 is 18.6 Å². The van der Waals surface area contributed by atoms with Gasteiger partial charge in [-0.05, 0) is 6.07 Å². The molecule has 0 fully saturated rings. The number of pyridine rings is 1. The minimum atomic E-state index is -2.74. The van der Waals surface area contributed by atoms with Crippen LogP contribution >= 0.6 is 0 Å². The predicted octanol–water partition coefficient (Wildman–Crippen LogP) is 1.19. The van der Waals surface area contributed by atoms with Gasteiger partial charge in [-0.3, -0.25) is 0 Å². The van der Waals surface area contributed by atoms with Gasteiger partial charge in [0.15, 0.2) is 0 Å². The quantitative estimate of drug-likeness (QED) is 0.776. The third-order valence-corrected chi connectivity index (χ3v) is 1.69. The molecule has 0 saturated carbocycles. The van der Waals surface area contributed by atoms with Crippen LogP contribution in [0.25, 0.3) is 0 Å².